The lowest BCUT2D eigenvalue weighted by atomic mass is 9.79. The maximum Gasteiger partial charge on any atom is 0.267 e. The molecular formula is C17H29NO3. The summed E-state index contributed by atoms with van der Waals surface area (Å²) in [7, 11) is 0. The summed E-state index contributed by atoms with van der Waals surface area (Å²) in [5.74, 6) is 0.213. The number of unbranched alkanes of at least 4 members (excludes halogenated alkanes) is 1. The van der Waals surface area contributed by atoms with E-state index >= 15 is 0 Å². The summed E-state index contributed by atoms with van der Waals surface area (Å²) in [6.07, 6.45) is 1.76. The maximum atomic E-state index is 12.9. The minimum atomic E-state index is -0.366. The van der Waals surface area contributed by atoms with Gasteiger partial charge in [-0.25, -0.2) is 0 Å². The van der Waals surface area contributed by atoms with Crippen molar-refractivity contribution in [3.8, 4) is 0 Å². The van der Waals surface area contributed by atoms with E-state index in [1.165, 1.54) is 4.90 Å². The van der Waals surface area contributed by atoms with Crippen LogP contribution in [0.25, 0.3) is 0 Å². The van der Waals surface area contributed by atoms with Crippen LogP contribution in [-0.4, -0.2) is 29.9 Å². The molecule has 0 aromatic rings. The number of ether oxygens (including phenoxy) is 1. The van der Waals surface area contributed by atoms with Crippen molar-refractivity contribution < 1.29 is 14.3 Å². The van der Waals surface area contributed by atoms with Crippen molar-refractivity contribution in [2.45, 2.75) is 61.3 Å². The van der Waals surface area contributed by atoms with Gasteiger partial charge in [0.1, 0.15) is 5.76 Å². The molecule has 4 nitrogen and oxygen atoms in total. The topological polar surface area (TPSA) is 46.6 Å². The Morgan fingerprint density at radius 3 is 2.05 bits per heavy atom. The molecule has 0 unspecified atom stereocenters. The molecule has 0 radical (unpaired) electrons. The van der Waals surface area contributed by atoms with Gasteiger partial charge in [0.05, 0.1) is 5.57 Å². The second-order valence-corrected chi connectivity index (χ2v) is 7.70. The molecule has 0 N–H and O–H groups in total. The van der Waals surface area contributed by atoms with Crippen LogP contribution in [0.1, 0.15) is 61.3 Å². The highest BCUT2D eigenvalue weighted by Gasteiger charge is 2.40. The zero-order valence-corrected chi connectivity index (χ0v) is 14.5. The summed E-state index contributed by atoms with van der Waals surface area (Å²) in [4.78, 5) is 26.5. The molecule has 2 amide bonds. The zero-order chi connectivity index (χ0) is 16.4. The van der Waals surface area contributed by atoms with Crippen molar-refractivity contribution in [2.75, 3.05) is 13.2 Å². The van der Waals surface area contributed by atoms with Gasteiger partial charge in [-0.3, -0.25) is 14.5 Å². The molecular weight excluding hydrogens is 266 g/mol. The molecule has 1 heterocycles. The predicted octanol–water partition coefficient (Wildman–Crippen LogP) is 3.52. The van der Waals surface area contributed by atoms with Crippen molar-refractivity contribution in [1.29, 1.82) is 0 Å². The van der Waals surface area contributed by atoms with Crippen LogP contribution >= 0.6 is 0 Å². The van der Waals surface area contributed by atoms with E-state index in [0.29, 0.717) is 17.9 Å². The third-order valence-corrected chi connectivity index (χ3v) is 3.49. The summed E-state index contributed by atoms with van der Waals surface area (Å²) in [6.45, 7) is 14.4. The molecule has 0 aromatic heterocycles. The largest absolute Gasteiger partial charge is 0.487 e. The second-order valence-electron chi connectivity index (χ2n) is 7.70. The molecule has 0 bridgehead atoms. The number of carbonyl (C=O) groups excluding carboxylic acids is 2. The van der Waals surface area contributed by atoms with Gasteiger partial charge in [0, 0.05) is 12.0 Å². The summed E-state index contributed by atoms with van der Waals surface area (Å²) >= 11 is 0. The van der Waals surface area contributed by atoms with Gasteiger partial charge in [-0.15, -0.1) is 0 Å². The number of allylic oxidation sites excluding steroid dienone is 1. The summed E-state index contributed by atoms with van der Waals surface area (Å²) < 4.78 is 5.77. The van der Waals surface area contributed by atoms with Crippen LogP contribution in [0.15, 0.2) is 11.3 Å². The number of hydrogen-bond acceptors (Lipinski definition) is 3. The second kappa shape index (κ2) is 6.20. The molecule has 1 aliphatic heterocycles. The van der Waals surface area contributed by atoms with Gasteiger partial charge in [0.15, 0.2) is 6.61 Å². The fourth-order valence-electron chi connectivity index (χ4n) is 2.42. The Morgan fingerprint density at radius 2 is 1.62 bits per heavy atom. The first-order valence-electron chi connectivity index (χ1n) is 7.73. The Bertz CT molecular complexity index is 450. The Hall–Kier alpha value is -1.32. The molecule has 21 heavy (non-hydrogen) atoms. The summed E-state index contributed by atoms with van der Waals surface area (Å²) in [6, 6.07) is 0. The lowest BCUT2D eigenvalue weighted by Gasteiger charge is -2.31. The van der Waals surface area contributed by atoms with Gasteiger partial charge in [-0.2, -0.15) is 0 Å². The fourth-order valence-corrected chi connectivity index (χ4v) is 2.42. The van der Waals surface area contributed by atoms with Gasteiger partial charge in [-0.1, -0.05) is 54.9 Å². The Labute approximate surface area is 128 Å². The molecule has 0 fully saturated rings. The monoisotopic (exact) mass is 295 g/mol. The molecule has 1 rings (SSSR count). The molecule has 0 atom stereocenters. The molecule has 120 valence electrons. The lowest BCUT2D eigenvalue weighted by molar-refractivity contribution is -0.143. The first-order chi connectivity index (χ1) is 9.50. The van der Waals surface area contributed by atoms with E-state index in [4.69, 9.17) is 4.74 Å². The van der Waals surface area contributed by atoms with Gasteiger partial charge in [-0.05, 0) is 11.8 Å². The quantitative estimate of drug-likeness (QED) is 0.748. The van der Waals surface area contributed by atoms with E-state index in [1.807, 2.05) is 48.5 Å². The van der Waals surface area contributed by atoms with Crippen molar-refractivity contribution >= 4 is 11.8 Å². The lowest BCUT2D eigenvalue weighted by Crippen LogP contribution is -2.41. The Balaban J connectivity index is 3.36. The highest BCUT2D eigenvalue weighted by Crippen LogP contribution is 2.39. The van der Waals surface area contributed by atoms with E-state index in [2.05, 4.69) is 0 Å². The number of rotatable bonds is 3. The molecule has 0 aromatic carbocycles. The number of carbonyl (C=O) groups is 2. The van der Waals surface area contributed by atoms with Crippen LogP contribution in [0, 0.1) is 10.8 Å². The van der Waals surface area contributed by atoms with E-state index < -0.39 is 0 Å². The average Bonchev–Trinajstić information content (AvgIpc) is 2.43. The van der Waals surface area contributed by atoms with Gasteiger partial charge in [0.25, 0.3) is 11.8 Å². The van der Waals surface area contributed by atoms with Gasteiger partial charge < -0.3 is 4.74 Å². The standard InChI is InChI=1S/C17H29NO3/c1-8-9-10-18-12(19)11-21-14(17(5,6)7)13(15(18)20)16(2,3)4/h8-11H2,1-7H3. The van der Waals surface area contributed by atoms with E-state index in [1.54, 1.807) is 0 Å². The Kier molecular flexibility index (Phi) is 5.24. The summed E-state index contributed by atoms with van der Waals surface area (Å²) in [5, 5.41) is 0. The van der Waals surface area contributed by atoms with Crippen LogP contribution < -0.4 is 0 Å². The minimum Gasteiger partial charge on any atom is -0.487 e. The molecule has 0 saturated carbocycles. The van der Waals surface area contributed by atoms with Crippen LogP contribution in [0.3, 0.4) is 0 Å². The smallest absolute Gasteiger partial charge is 0.267 e. The van der Waals surface area contributed by atoms with Crippen LogP contribution in [0.2, 0.25) is 0 Å². The normalized spacial score (nSPS) is 18.0. The predicted molar refractivity (Wildman–Crippen MR) is 83.5 cm³/mol. The maximum absolute atomic E-state index is 12.9. The van der Waals surface area contributed by atoms with Crippen LogP contribution in [-0.2, 0) is 14.3 Å². The van der Waals surface area contributed by atoms with E-state index in [9.17, 15) is 9.59 Å². The van der Waals surface area contributed by atoms with Crippen molar-refractivity contribution in [2.24, 2.45) is 10.8 Å². The van der Waals surface area contributed by atoms with Crippen LogP contribution in [0.4, 0.5) is 0 Å². The molecule has 1 aliphatic rings. The van der Waals surface area contributed by atoms with Crippen LogP contribution in [0.5, 0.6) is 0 Å². The average molecular weight is 295 g/mol. The molecule has 0 spiro atoms. The zero-order valence-electron chi connectivity index (χ0n) is 14.5. The highest BCUT2D eigenvalue weighted by molar-refractivity contribution is 6.06. The van der Waals surface area contributed by atoms with E-state index in [-0.39, 0.29) is 29.3 Å². The first-order valence-corrected chi connectivity index (χ1v) is 7.73. The number of imide groups is 1. The summed E-state index contributed by atoms with van der Waals surface area (Å²) in [5.41, 5.74) is -0.0503. The highest BCUT2D eigenvalue weighted by atomic mass is 16.5. The van der Waals surface area contributed by atoms with E-state index in [0.717, 1.165) is 12.8 Å². The number of nitrogens with zero attached hydrogens (tertiary/aromatic N) is 1. The number of hydrogen-bond donors (Lipinski definition) is 0. The van der Waals surface area contributed by atoms with Gasteiger partial charge >= 0.3 is 0 Å². The molecule has 0 saturated heterocycles. The first kappa shape index (κ1) is 17.7. The van der Waals surface area contributed by atoms with Crippen molar-refractivity contribution in [3.63, 3.8) is 0 Å². The third kappa shape index (κ3) is 4.08. The SMILES string of the molecule is CCCCN1C(=O)COC(C(C)(C)C)=C(C(C)(C)C)C1=O. The van der Waals surface area contributed by atoms with Crippen molar-refractivity contribution in [1.82, 2.24) is 4.90 Å². The minimum absolute atomic E-state index is 0.0539. The Morgan fingerprint density at radius 1 is 1.05 bits per heavy atom. The van der Waals surface area contributed by atoms with Crippen molar-refractivity contribution in [3.05, 3.63) is 11.3 Å². The molecule has 4 heteroatoms. The number of amides is 2. The molecule has 0 aliphatic carbocycles. The third-order valence-electron chi connectivity index (χ3n) is 3.49. The fraction of sp³-hybridized carbons (Fsp3) is 0.765. The van der Waals surface area contributed by atoms with Gasteiger partial charge in [0.2, 0.25) is 0 Å².